The minimum atomic E-state index is -0.825. The van der Waals surface area contributed by atoms with Gasteiger partial charge < -0.3 is 4.57 Å². The number of nitrogens with zero attached hydrogens (tertiary/aromatic N) is 2. The lowest BCUT2D eigenvalue weighted by atomic mass is 10.3. The fourth-order valence-corrected chi connectivity index (χ4v) is 3.05. The highest BCUT2D eigenvalue weighted by Gasteiger charge is 2.13. The predicted molar refractivity (Wildman–Crippen MR) is 82.9 cm³/mol. The molecule has 2 aromatic rings. The van der Waals surface area contributed by atoms with Gasteiger partial charge in [0.1, 0.15) is 5.82 Å². The van der Waals surface area contributed by atoms with Crippen LogP contribution in [0.5, 0.6) is 0 Å². The summed E-state index contributed by atoms with van der Waals surface area (Å²) < 4.78 is 13.5. The molecule has 0 fully saturated rings. The number of halogens is 3. The molecule has 0 aliphatic rings. The Morgan fingerprint density at radius 2 is 2.00 bits per heavy atom. The van der Waals surface area contributed by atoms with Crippen LogP contribution in [-0.2, 0) is 23.2 Å². The Hall–Kier alpha value is -0.290. The molecule has 0 N–H and O–H groups in total. The second-order valence-corrected chi connectivity index (χ2v) is 6.95. The van der Waals surface area contributed by atoms with Crippen molar-refractivity contribution >= 4 is 56.6 Å². The van der Waals surface area contributed by atoms with Gasteiger partial charge in [-0.15, -0.1) is 11.6 Å². The third-order valence-corrected chi connectivity index (χ3v) is 5.10. The first-order valence-electron chi connectivity index (χ1n) is 5.82. The van der Waals surface area contributed by atoms with Gasteiger partial charge in [-0.3, -0.25) is 4.21 Å². The molecule has 1 heterocycles. The number of aromatic nitrogens is 2. The number of hydrogen-bond donors (Lipinski definition) is 0. The second-order valence-electron chi connectivity index (χ2n) is 4.00. The van der Waals surface area contributed by atoms with E-state index in [4.69, 9.17) is 34.8 Å². The Morgan fingerprint density at radius 1 is 1.32 bits per heavy atom. The maximum Gasteiger partial charge on any atom is 0.124 e. The third kappa shape index (κ3) is 3.24. The highest BCUT2D eigenvalue weighted by molar-refractivity contribution is 7.84. The summed E-state index contributed by atoms with van der Waals surface area (Å²) in [6, 6.07) is 3.50. The first-order valence-corrected chi connectivity index (χ1v) is 8.59. The minimum Gasteiger partial charge on any atom is -0.326 e. The van der Waals surface area contributed by atoms with E-state index in [1.165, 1.54) is 0 Å². The number of hydrogen-bond acceptors (Lipinski definition) is 2. The van der Waals surface area contributed by atoms with E-state index >= 15 is 0 Å². The Kier molecular flexibility index (Phi) is 5.12. The van der Waals surface area contributed by atoms with Gasteiger partial charge in [0.05, 0.1) is 27.0 Å². The van der Waals surface area contributed by atoms with Crippen molar-refractivity contribution in [3.8, 4) is 0 Å². The van der Waals surface area contributed by atoms with Crippen LogP contribution in [-0.4, -0.2) is 25.3 Å². The average Bonchev–Trinajstić information content (AvgIpc) is 2.73. The molecule has 3 nitrogen and oxygen atoms in total. The lowest BCUT2D eigenvalue weighted by molar-refractivity contribution is 0.673. The normalized spacial score (nSPS) is 13.1. The summed E-state index contributed by atoms with van der Waals surface area (Å²) in [6.45, 7) is 2.51. The van der Waals surface area contributed by atoms with Gasteiger partial charge in [0.15, 0.2) is 0 Å². The zero-order chi connectivity index (χ0) is 14.0. The minimum absolute atomic E-state index is 0.294. The highest BCUT2D eigenvalue weighted by Crippen LogP contribution is 2.28. The summed E-state index contributed by atoms with van der Waals surface area (Å²) in [7, 11) is -0.825. The van der Waals surface area contributed by atoms with Crippen LogP contribution >= 0.6 is 34.8 Å². The number of aryl methyl sites for hydroxylation is 1. The topological polar surface area (TPSA) is 34.9 Å². The Bertz CT molecular complexity index is 627. The molecule has 0 amide bonds. The zero-order valence-corrected chi connectivity index (χ0v) is 13.4. The SMILES string of the molecule is CCS(=O)CCn1c(CCl)nc2cc(Cl)c(Cl)cc21. The molecule has 0 aliphatic heterocycles. The fourth-order valence-electron chi connectivity index (χ4n) is 1.86. The Morgan fingerprint density at radius 3 is 2.63 bits per heavy atom. The Balaban J connectivity index is 2.44. The molecule has 1 atom stereocenters. The maximum absolute atomic E-state index is 11.6. The van der Waals surface area contributed by atoms with Crippen molar-refractivity contribution in [1.29, 1.82) is 0 Å². The summed E-state index contributed by atoms with van der Waals surface area (Å²) in [6.07, 6.45) is 0. The third-order valence-electron chi connectivity index (χ3n) is 2.85. The quantitative estimate of drug-likeness (QED) is 0.776. The van der Waals surface area contributed by atoms with Gasteiger partial charge >= 0.3 is 0 Å². The molecular formula is C12H13Cl3N2OS. The zero-order valence-electron chi connectivity index (χ0n) is 10.3. The van der Waals surface area contributed by atoms with Crippen molar-refractivity contribution in [3.63, 3.8) is 0 Å². The monoisotopic (exact) mass is 338 g/mol. The van der Waals surface area contributed by atoms with Crippen LogP contribution in [0.2, 0.25) is 10.0 Å². The van der Waals surface area contributed by atoms with Crippen LogP contribution in [0, 0.1) is 0 Å². The van der Waals surface area contributed by atoms with Gasteiger partial charge in [0.25, 0.3) is 0 Å². The van der Waals surface area contributed by atoms with E-state index in [1.807, 2.05) is 11.5 Å². The molecule has 0 saturated carbocycles. The largest absolute Gasteiger partial charge is 0.326 e. The molecule has 0 aliphatic carbocycles. The molecule has 0 saturated heterocycles. The van der Waals surface area contributed by atoms with E-state index in [-0.39, 0.29) is 0 Å². The summed E-state index contributed by atoms with van der Waals surface area (Å²) in [5, 5.41) is 0.949. The Labute approximate surface area is 129 Å². The lowest BCUT2D eigenvalue weighted by Crippen LogP contribution is -2.11. The molecule has 0 radical (unpaired) electrons. The standard InChI is InChI=1S/C12H13Cl3N2OS/c1-2-19(18)4-3-17-11-6-9(15)8(14)5-10(11)16-12(17)7-13/h5-6H,2-4,7H2,1H3. The average molecular weight is 340 g/mol. The number of fused-ring (bicyclic) bond motifs is 1. The van der Waals surface area contributed by atoms with E-state index in [9.17, 15) is 4.21 Å². The lowest BCUT2D eigenvalue weighted by Gasteiger charge is -2.07. The van der Waals surface area contributed by atoms with Crippen molar-refractivity contribution in [2.24, 2.45) is 0 Å². The molecule has 0 spiro atoms. The first kappa shape index (κ1) is 15.1. The van der Waals surface area contributed by atoms with Crippen LogP contribution in [0.15, 0.2) is 12.1 Å². The van der Waals surface area contributed by atoms with E-state index < -0.39 is 10.8 Å². The van der Waals surface area contributed by atoms with Gasteiger partial charge in [-0.2, -0.15) is 0 Å². The van der Waals surface area contributed by atoms with Gasteiger partial charge in [0.2, 0.25) is 0 Å². The van der Waals surface area contributed by atoms with Crippen LogP contribution in [0.4, 0.5) is 0 Å². The molecule has 1 aromatic carbocycles. The van der Waals surface area contributed by atoms with Crippen molar-refractivity contribution in [1.82, 2.24) is 9.55 Å². The van der Waals surface area contributed by atoms with Gasteiger partial charge in [-0.05, 0) is 12.1 Å². The number of imidazole rings is 1. The van der Waals surface area contributed by atoms with Crippen LogP contribution in [0.25, 0.3) is 11.0 Å². The van der Waals surface area contributed by atoms with Crippen molar-refractivity contribution in [2.75, 3.05) is 11.5 Å². The van der Waals surface area contributed by atoms with Gasteiger partial charge in [-0.1, -0.05) is 30.1 Å². The van der Waals surface area contributed by atoms with E-state index in [2.05, 4.69) is 4.98 Å². The molecule has 1 aromatic heterocycles. The van der Waals surface area contributed by atoms with Crippen LogP contribution in [0.3, 0.4) is 0 Å². The van der Waals surface area contributed by atoms with E-state index in [0.717, 1.165) is 16.9 Å². The highest BCUT2D eigenvalue weighted by atomic mass is 35.5. The summed E-state index contributed by atoms with van der Waals surface area (Å²) >= 11 is 17.9. The summed E-state index contributed by atoms with van der Waals surface area (Å²) in [5.74, 6) is 2.26. The van der Waals surface area contributed by atoms with E-state index in [1.54, 1.807) is 12.1 Å². The summed E-state index contributed by atoms with van der Waals surface area (Å²) in [5.41, 5.74) is 1.63. The molecule has 7 heteroatoms. The first-order chi connectivity index (χ1) is 9.06. The molecule has 104 valence electrons. The summed E-state index contributed by atoms with van der Waals surface area (Å²) in [4.78, 5) is 4.43. The van der Waals surface area contributed by atoms with Crippen LogP contribution in [0.1, 0.15) is 12.7 Å². The maximum atomic E-state index is 11.6. The van der Waals surface area contributed by atoms with E-state index in [0.29, 0.717) is 34.0 Å². The molecular weight excluding hydrogens is 327 g/mol. The molecule has 19 heavy (non-hydrogen) atoms. The van der Waals surface area contributed by atoms with Gasteiger partial charge in [0, 0.05) is 28.9 Å². The molecule has 1 unspecified atom stereocenters. The number of rotatable bonds is 5. The molecule has 0 bridgehead atoms. The van der Waals surface area contributed by atoms with Crippen molar-refractivity contribution in [3.05, 3.63) is 28.0 Å². The van der Waals surface area contributed by atoms with Crippen molar-refractivity contribution in [2.45, 2.75) is 19.3 Å². The smallest absolute Gasteiger partial charge is 0.124 e. The van der Waals surface area contributed by atoms with Crippen LogP contribution < -0.4 is 0 Å². The fraction of sp³-hybridized carbons (Fsp3) is 0.417. The van der Waals surface area contributed by atoms with Gasteiger partial charge in [-0.25, -0.2) is 4.98 Å². The molecule has 2 rings (SSSR count). The number of alkyl halides is 1. The second kappa shape index (κ2) is 6.44. The number of benzene rings is 1. The van der Waals surface area contributed by atoms with Crippen molar-refractivity contribution < 1.29 is 4.21 Å². The predicted octanol–water partition coefficient (Wildman–Crippen LogP) is 3.85.